The van der Waals surface area contributed by atoms with E-state index in [2.05, 4.69) is 18.2 Å². The number of hydrogen-bond acceptors (Lipinski definition) is 2. The van der Waals surface area contributed by atoms with Gasteiger partial charge in [0.1, 0.15) is 6.61 Å². The second-order valence-corrected chi connectivity index (χ2v) is 5.42. The minimum atomic E-state index is -0.0547. The Morgan fingerprint density at radius 1 is 1.05 bits per heavy atom. The summed E-state index contributed by atoms with van der Waals surface area (Å²) in [4.78, 5) is 18.1. The summed E-state index contributed by atoms with van der Waals surface area (Å²) in [6.07, 6.45) is 0.767. The highest BCUT2D eigenvalue weighted by Gasteiger charge is 2.22. The average molecular weight is 277 g/mol. The summed E-state index contributed by atoms with van der Waals surface area (Å²) in [5.74, 6) is 0. The fourth-order valence-corrected chi connectivity index (χ4v) is 3.07. The topological polar surface area (TPSA) is 31.2 Å². The number of hydrogen-bond donors (Lipinski definition) is 0. The quantitative estimate of drug-likeness (QED) is 0.685. The van der Waals surface area contributed by atoms with E-state index in [1.165, 1.54) is 4.73 Å². The molecule has 21 heavy (non-hydrogen) atoms. The van der Waals surface area contributed by atoms with E-state index in [4.69, 9.17) is 4.84 Å². The minimum Gasteiger partial charge on any atom is -0.410 e. The number of benzene rings is 2. The van der Waals surface area contributed by atoms with Gasteiger partial charge in [0.2, 0.25) is 0 Å². The van der Waals surface area contributed by atoms with Gasteiger partial charge < -0.3 is 4.84 Å². The first-order valence-corrected chi connectivity index (χ1v) is 7.12. The van der Waals surface area contributed by atoms with Gasteiger partial charge in [0.15, 0.2) is 0 Å². The molecule has 3 aromatic rings. The summed E-state index contributed by atoms with van der Waals surface area (Å²) >= 11 is 0. The van der Waals surface area contributed by atoms with Crippen molar-refractivity contribution in [2.24, 2.45) is 0 Å². The fourth-order valence-electron chi connectivity index (χ4n) is 3.07. The van der Waals surface area contributed by atoms with Gasteiger partial charge in [-0.25, -0.2) is 0 Å². The predicted octanol–water partition coefficient (Wildman–Crippen LogP) is 2.96. The van der Waals surface area contributed by atoms with Gasteiger partial charge >= 0.3 is 0 Å². The van der Waals surface area contributed by atoms with E-state index in [0.717, 1.165) is 39.6 Å². The van der Waals surface area contributed by atoms with E-state index in [1.807, 2.05) is 37.3 Å². The van der Waals surface area contributed by atoms with Crippen molar-refractivity contribution in [3.8, 4) is 11.1 Å². The molecule has 0 amide bonds. The van der Waals surface area contributed by atoms with Crippen LogP contribution >= 0.6 is 0 Å². The van der Waals surface area contributed by atoms with Crippen LogP contribution in [0, 0.1) is 6.92 Å². The Bertz CT molecular complexity index is 894. The molecule has 0 unspecified atom stereocenters. The molecule has 0 saturated heterocycles. The number of rotatable bonds is 1. The number of aryl methyl sites for hydroxylation is 1. The lowest BCUT2D eigenvalue weighted by Gasteiger charge is -2.13. The van der Waals surface area contributed by atoms with Crippen LogP contribution < -0.4 is 10.4 Å². The van der Waals surface area contributed by atoms with Crippen molar-refractivity contribution in [3.05, 3.63) is 70.1 Å². The summed E-state index contributed by atoms with van der Waals surface area (Å²) in [6.45, 7) is 2.56. The molecule has 3 heteroatoms. The van der Waals surface area contributed by atoms with E-state index in [-0.39, 0.29) is 5.56 Å². The van der Waals surface area contributed by atoms with Crippen LogP contribution in [0.4, 0.5) is 0 Å². The molecule has 1 aliphatic heterocycles. The molecule has 0 aliphatic carbocycles. The van der Waals surface area contributed by atoms with Gasteiger partial charge in [0, 0.05) is 12.0 Å². The van der Waals surface area contributed by atoms with Crippen LogP contribution in [0.25, 0.3) is 21.9 Å². The lowest BCUT2D eigenvalue weighted by atomic mass is 9.95. The summed E-state index contributed by atoms with van der Waals surface area (Å²) in [5.41, 5.74) is 4.24. The summed E-state index contributed by atoms with van der Waals surface area (Å²) < 4.78 is 1.48. The highest BCUT2D eigenvalue weighted by atomic mass is 16.7. The normalized spacial score (nSPS) is 13.2. The monoisotopic (exact) mass is 277 g/mol. The first-order valence-electron chi connectivity index (χ1n) is 7.12. The van der Waals surface area contributed by atoms with Gasteiger partial charge in [-0.1, -0.05) is 48.0 Å². The molecule has 1 aliphatic rings. The highest BCUT2D eigenvalue weighted by molar-refractivity contribution is 5.97. The Morgan fingerprint density at radius 3 is 2.67 bits per heavy atom. The molecule has 0 N–H and O–H groups in total. The molecular weight excluding hydrogens is 262 g/mol. The van der Waals surface area contributed by atoms with Crippen molar-refractivity contribution >= 4 is 10.8 Å². The molecule has 4 rings (SSSR count). The maximum atomic E-state index is 12.6. The van der Waals surface area contributed by atoms with Gasteiger partial charge in [0.25, 0.3) is 5.56 Å². The third-order valence-electron chi connectivity index (χ3n) is 4.01. The van der Waals surface area contributed by atoms with Crippen LogP contribution in [-0.2, 0) is 6.42 Å². The van der Waals surface area contributed by atoms with Gasteiger partial charge in [-0.2, -0.15) is 0 Å². The molecular formula is C18H15NO2. The molecule has 0 spiro atoms. The molecule has 104 valence electrons. The number of fused-ring (bicyclic) bond motifs is 2. The second-order valence-electron chi connectivity index (χ2n) is 5.42. The Labute approximate surface area is 122 Å². The predicted molar refractivity (Wildman–Crippen MR) is 83.5 cm³/mol. The van der Waals surface area contributed by atoms with Gasteiger partial charge in [0.05, 0.1) is 11.1 Å². The smallest absolute Gasteiger partial charge is 0.291 e. The number of pyridine rings is 1. The number of aromatic nitrogens is 1. The molecule has 0 radical (unpaired) electrons. The molecule has 0 atom stereocenters. The Kier molecular flexibility index (Phi) is 2.61. The number of nitrogens with zero attached hydrogens (tertiary/aromatic N) is 1. The van der Waals surface area contributed by atoms with E-state index in [1.54, 1.807) is 0 Å². The molecule has 2 aromatic carbocycles. The standard InChI is InChI=1S/C18H15NO2/c1-12-7-8-14-15(11-12)18(20)19-16(9-10-21-19)17(14)13-5-3-2-4-6-13/h2-8,11H,9-10H2,1H3. The lowest BCUT2D eigenvalue weighted by Crippen LogP contribution is -2.25. The van der Waals surface area contributed by atoms with Crippen molar-refractivity contribution in [2.45, 2.75) is 13.3 Å². The molecule has 0 bridgehead atoms. The summed E-state index contributed by atoms with van der Waals surface area (Å²) in [7, 11) is 0. The highest BCUT2D eigenvalue weighted by Crippen LogP contribution is 2.32. The van der Waals surface area contributed by atoms with Crippen LogP contribution in [0.1, 0.15) is 11.3 Å². The van der Waals surface area contributed by atoms with E-state index >= 15 is 0 Å². The van der Waals surface area contributed by atoms with Gasteiger partial charge in [-0.15, -0.1) is 4.73 Å². The van der Waals surface area contributed by atoms with E-state index in [0.29, 0.717) is 6.61 Å². The maximum absolute atomic E-state index is 12.6. The van der Waals surface area contributed by atoms with Gasteiger partial charge in [-0.3, -0.25) is 4.79 Å². The third-order valence-corrected chi connectivity index (χ3v) is 4.01. The second kappa shape index (κ2) is 4.48. The molecule has 2 heterocycles. The molecule has 0 fully saturated rings. The Balaban J connectivity index is 2.20. The lowest BCUT2D eigenvalue weighted by molar-refractivity contribution is 0.143. The first-order chi connectivity index (χ1) is 10.3. The zero-order valence-electron chi connectivity index (χ0n) is 11.8. The molecule has 0 saturated carbocycles. The van der Waals surface area contributed by atoms with Crippen molar-refractivity contribution < 1.29 is 4.84 Å². The fraction of sp³-hybridized carbons (Fsp3) is 0.167. The van der Waals surface area contributed by atoms with Crippen LogP contribution in [-0.4, -0.2) is 11.3 Å². The first kappa shape index (κ1) is 12.2. The van der Waals surface area contributed by atoms with Crippen molar-refractivity contribution in [2.75, 3.05) is 6.61 Å². The molecule has 3 nitrogen and oxygen atoms in total. The van der Waals surface area contributed by atoms with E-state index in [9.17, 15) is 4.79 Å². The largest absolute Gasteiger partial charge is 0.410 e. The SMILES string of the molecule is Cc1ccc2c(-c3ccccc3)c3n(c(=O)c2c1)OCC3. The van der Waals surface area contributed by atoms with Crippen LogP contribution in [0.2, 0.25) is 0 Å². The average Bonchev–Trinajstić information content (AvgIpc) is 2.99. The Morgan fingerprint density at radius 2 is 1.86 bits per heavy atom. The van der Waals surface area contributed by atoms with Crippen molar-refractivity contribution in [1.82, 2.24) is 4.73 Å². The maximum Gasteiger partial charge on any atom is 0.291 e. The van der Waals surface area contributed by atoms with Crippen LogP contribution in [0.15, 0.2) is 53.3 Å². The molecule has 1 aromatic heterocycles. The summed E-state index contributed by atoms with van der Waals surface area (Å²) in [6, 6.07) is 16.3. The van der Waals surface area contributed by atoms with Crippen molar-refractivity contribution in [3.63, 3.8) is 0 Å². The van der Waals surface area contributed by atoms with Crippen LogP contribution in [0.3, 0.4) is 0 Å². The van der Waals surface area contributed by atoms with Gasteiger partial charge in [-0.05, 0) is 23.9 Å². The van der Waals surface area contributed by atoms with Crippen LogP contribution in [0.5, 0.6) is 0 Å². The minimum absolute atomic E-state index is 0.0547. The Hall–Kier alpha value is -2.55. The summed E-state index contributed by atoms with van der Waals surface area (Å²) in [5, 5.41) is 1.73. The van der Waals surface area contributed by atoms with Crippen molar-refractivity contribution in [1.29, 1.82) is 0 Å². The third kappa shape index (κ3) is 1.77. The zero-order chi connectivity index (χ0) is 14.4. The zero-order valence-corrected chi connectivity index (χ0v) is 11.8. The van der Waals surface area contributed by atoms with E-state index < -0.39 is 0 Å².